The van der Waals surface area contributed by atoms with Gasteiger partial charge in [-0.25, -0.2) is 4.79 Å². The van der Waals surface area contributed by atoms with Crippen LogP contribution in [0.4, 0.5) is 10.5 Å². The zero-order chi connectivity index (χ0) is 13.3. The maximum Gasteiger partial charge on any atom is 0.412 e. The van der Waals surface area contributed by atoms with E-state index in [0.717, 1.165) is 19.6 Å². The molecule has 1 aromatic carbocycles. The molecule has 0 aliphatic heterocycles. The number of anilines is 1. The van der Waals surface area contributed by atoms with Crippen LogP contribution in [0.25, 0.3) is 10.1 Å². The summed E-state index contributed by atoms with van der Waals surface area (Å²) in [6, 6.07) is 7.92. The molecule has 0 radical (unpaired) electrons. The van der Waals surface area contributed by atoms with Crippen LogP contribution in [0.3, 0.4) is 0 Å². The van der Waals surface area contributed by atoms with Crippen LogP contribution in [-0.4, -0.2) is 11.7 Å². The minimum absolute atomic E-state index is 0.438. The molecule has 2 rings (SSSR count). The molecule has 0 fully saturated rings. The molecule has 0 aliphatic rings. The first-order chi connectivity index (χ1) is 8.37. The van der Waals surface area contributed by atoms with Gasteiger partial charge in [-0.1, -0.05) is 18.2 Å². The number of benzene rings is 1. The van der Waals surface area contributed by atoms with E-state index >= 15 is 0 Å². The molecule has 2 aromatic rings. The highest BCUT2D eigenvalue weighted by Gasteiger charge is 2.19. The summed E-state index contributed by atoms with van der Waals surface area (Å²) < 4.78 is 7.27. The van der Waals surface area contributed by atoms with Gasteiger partial charge in [0.2, 0.25) is 0 Å². The largest absolute Gasteiger partial charge is 0.444 e. The molecule has 1 heterocycles. The van der Waals surface area contributed by atoms with Crippen LogP contribution in [0.1, 0.15) is 20.8 Å². The van der Waals surface area contributed by atoms with Crippen molar-refractivity contribution < 1.29 is 9.53 Å². The van der Waals surface area contributed by atoms with Crippen LogP contribution in [0.2, 0.25) is 0 Å². The number of carbonyl (C=O) groups is 1. The molecule has 1 N–H and O–H groups in total. The van der Waals surface area contributed by atoms with Gasteiger partial charge >= 0.3 is 6.09 Å². The fraction of sp³-hybridized carbons (Fsp3) is 0.308. The van der Waals surface area contributed by atoms with Crippen molar-refractivity contribution in [2.75, 3.05) is 5.32 Å². The lowest BCUT2D eigenvalue weighted by atomic mass is 10.2. The minimum Gasteiger partial charge on any atom is -0.444 e. The number of carbonyl (C=O) groups excluding carboxylic acids is 1. The maximum absolute atomic E-state index is 11.8. The minimum atomic E-state index is -0.498. The summed E-state index contributed by atoms with van der Waals surface area (Å²) in [6.07, 6.45) is -0.438. The number of hydrogen-bond acceptors (Lipinski definition) is 3. The molecule has 18 heavy (non-hydrogen) atoms. The quantitative estimate of drug-likeness (QED) is 0.799. The van der Waals surface area contributed by atoms with E-state index in [1.165, 1.54) is 0 Å². The van der Waals surface area contributed by atoms with E-state index in [0.29, 0.717) is 0 Å². The average Bonchev–Trinajstić information content (AvgIpc) is 2.53. The molecule has 1 amide bonds. The second-order valence-corrected chi connectivity index (χ2v) is 7.24. The van der Waals surface area contributed by atoms with E-state index in [1.54, 1.807) is 11.3 Å². The van der Waals surface area contributed by atoms with Gasteiger partial charge in [-0.2, -0.15) is 0 Å². The average molecular weight is 328 g/mol. The predicted octanol–water partition coefficient (Wildman–Crippen LogP) is 5.01. The van der Waals surface area contributed by atoms with E-state index in [4.69, 9.17) is 4.74 Å². The Balaban J connectivity index is 2.27. The number of halogens is 1. The molecular formula is C13H14BrNO2S. The van der Waals surface area contributed by atoms with Gasteiger partial charge in [-0.15, -0.1) is 11.3 Å². The molecule has 0 aliphatic carbocycles. The predicted molar refractivity (Wildman–Crippen MR) is 79.4 cm³/mol. The number of amides is 1. The highest BCUT2D eigenvalue weighted by atomic mass is 79.9. The van der Waals surface area contributed by atoms with Gasteiger partial charge in [0.1, 0.15) is 5.60 Å². The summed E-state index contributed by atoms with van der Waals surface area (Å²) in [4.78, 5) is 11.8. The first kappa shape index (κ1) is 13.4. The van der Waals surface area contributed by atoms with Gasteiger partial charge < -0.3 is 4.74 Å². The Labute approximate surface area is 118 Å². The number of fused-ring (bicyclic) bond motifs is 1. The van der Waals surface area contributed by atoms with Crippen LogP contribution < -0.4 is 5.32 Å². The lowest BCUT2D eigenvalue weighted by molar-refractivity contribution is 0.0636. The topological polar surface area (TPSA) is 38.3 Å². The van der Waals surface area contributed by atoms with E-state index in [-0.39, 0.29) is 0 Å². The molecule has 0 saturated heterocycles. The highest BCUT2D eigenvalue weighted by molar-refractivity contribution is 9.11. The monoisotopic (exact) mass is 327 g/mol. The normalized spacial score (nSPS) is 11.6. The summed E-state index contributed by atoms with van der Waals surface area (Å²) in [5.74, 6) is 0. The van der Waals surface area contributed by atoms with Gasteiger partial charge in [-0.3, -0.25) is 5.32 Å². The van der Waals surface area contributed by atoms with Crippen LogP contribution in [0.5, 0.6) is 0 Å². The van der Waals surface area contributed by atoms with Gasteiger partial charge in [0, 0.05) is 10.1 Å². The second kappa shape index (κ2) is 4.90. The molecule has 0 bridgehead atoms. The highest BCUT2D eigenvalue weighted by Crippen LogP contribution is 2.39. The standard InChI is InChI=1S/C13H14BrNO2S/c1-13(2,3)17-12(16)15-10-8-6-4-5-7-9(8)18-11(10)14/h4-7H,1-3H3,(H,15,16). The van der Waals surface area contributed by atoms with Gasteiger partial charge in [0.05, 0.1) is 9.47 Å². The van der Waals surface area contributed by atoms with Gasteiger partial charge in [0.25, 0.3) is 0 Å². The smallest absolute Gasteiger partial charge is 0.412 e. The summed E-state index contributed by atoms with van der Waals surface area (Å²) in [5.41, 5.74) is 0.271. The van der Waals surface area contributed by atoms with E-state index in [2.05, 4.69) is 21.2 Å². The van der Waals surface area contributed by atoms with Crippen LogP contribution in [0, 0.1) is 0 Å². The van der Waals surface area contributed by atoms with E-state index in [1.807, 2.05) is 45.0 Å². The zero-order valence-corrected chi connectivity index (χ0v) is 12.8. The van der Waals surface area contributed by atoms with Gasteiger partial charge in [0.15, 0.2) is 0 Å². The molecule has 0 unspecified atom stereocenters. The van der Waals surface area contributed by atoms with Crippen LogP contribution in [0.15, 0.2) is 28.1 Å². The Hall–Kier alpha value is -1.07. The van der Waals surface area contributed by atoms with Crippen molar-refractivity contribution in [1.29, 1.82) is 0 Å². The number of rotatable bonds is 1. The van der Waals surface area contributed by atoms with Gasteiger partial charge in [-0.05, 0) is 42.8 Å². The fourth-order valence-electron chi connectivity index (χ4n) is 1.54. The molecule has 96 valence electrons. The van der Waals surface area contributed by atoms with E-state index < -0.39 is 11.7 Å². The summed E-state index contributed by atoms with van der Waals surface area (Å²) >= 11 is 5.05. The molecule has 5 heteroatoms. The Morgan fingerprint density at radius 2 is 2.00 bits per heavy atom. The summed E-state index contributed by atoms with van der Waals surface area (Å²) in [5, 5.41) is 3.81. The Kier molecular flexibility index (Phi) is 3.64. The second-order valence-electron chi connectivity index (χ2n) is 4.87. The van der Waals surface area contributed by atoms with Crippen molar-refractivity contribution >= 4 is 49.1 Å². The van der Waals surface area contributed by atoms with Crippen molar-refractivity contribution in [2.45, 2.75) is 26.4 Å². The van der Waals surface area contributed by atoms with Crippen molar-refractivity contribution in [3.63, 3.8) is 0 Å². The zero-order valence-electron chi connectivity index (χ0n) is 10.4. The SMILES string of the molecule is CC(C)(C)OC(=O)Nc1c(Br)sc2ccccc12. The Morgan fingerprint density at radius 3 is 2.67 bits per heavy atom. The third-order valence-corrected chi connectivity index (χ3v) is 4.02. The lowest BCUT2D eigenvalue weighted by Gasteiger charge is -2.19. The van der Waals surface area contributed by atoms with Crippen molar-refractivity contribution in [3.8, 4) is 0 Å². The fourth-order valence-corrected chi connectivity index (χ4v) is 3.26. The molecule has 0 atom stereocenters. The third-order valence-electron chi connectivity index (χ3n) is 2.18. The maximum atomic E-state index is 11.8. The number of nitrogens with one attached hydrogen (secondary N) is 1. The molecular weight excluding hydrogens is 314 g/mol. The van der Waals surface area contributed by atoms with Crippen LogP contribution in [-0.2, 0) is 4.74 Å². The molecule has 3 nitrogen and oxygen atoms in total. The number of hydrogen-bond donors (Lipinski definition) is 1. The van der Waals surface area contributed by atoms with Crippen molar-refractivity contribution in [2.24, 2.45) is 0 Å². The Bertz CT molecular complexity index is 586. The summed E-state index contributed by atoms with van der Waals surface area (Å²) in [6.45, 7) is 5.52. The molecule has 1 aromatic heterocycles. The van der Waals surface area contributed by atoms with Crippen molar-refractivity contribution in [3.05, 3.63) is 28.1 Å². The lowest BCUT2D eigenvalue weighted by Crippen LogP contribution is -2.27. The van der Waals surface area contributed by atoms with E-state index in [9.17, 15) is 4.79 Å². The molecule has 0 saturated carbocycles. The Morgan fingerprint density at radius 1 is 1.33 bits per heavy atom. The number of ether oxygens (including phenoxy) is 1. The third kappa shape index (κ3) is 3.03. The van der Waals surface area contributed by atoms with Crippen LogP contribution >= 0.6 is 27.3 Å². The van der Waals surface area contributed by atoms with Crippen molar-refractivity contribution in [1.82, 2.24) is 0 Å². The molecule has 0 spiro atoms. The first-order valence-electron chi connectivity index (χ1n) is 5.54. The number of thiophene rings is 1. The first-order valence-corrected chi connectivity index (χ1v) is 7.15. The summed E-state index contributed by atoms with van der Waals surface area (Å²) in [7, 11) is 0.